The van der Waals surface area contributed by atoms with E-state index in [1.54, 1.807) is 0 Å². The minimum Gasteiger partial charge on any atom is -0.381 e. The van der Waals surface area contributed by atoms with Crippen LogP contribution in [-0.2, 0) is 4.74 Å². The molecule has 0 radical (unpaired) electrons. The van der Waals surface area contributed by atoms with Gasteiger partial charge >= 0.3 is 0 Å². The first-order chi connectivity index (χ1) is 6.85. The first-order valence-corrected chi connectivity index (χ1v) is 6.46. The van der Waals surface area contributed by atoms with Gasteiger partial charge in [0.1, 0.15) is 4.75 Å². The number of nitrogens with zero attached hydrogens (tertiary/aromatic N) is 1. The summed E-state index contributed by atoms with van der Waals surface area (Å²) in [4.78, 5) is 0. The highest BCUT2D eigenvalue weighted by atomic mass is 32.2. The van der Waals surface area contributed by atoms with Crippen molar-refractivity contribution in [1.29, 1.82) is 5.26 Å². The van der Waals surface area contributed by atoms with Gasteiger partial charge in [0, 0.05) is 13.2 Å². The Morgan fingerprint density at radius 3 is 2.79 bits per heavy atom. The van der Waals surface area contributed by atoms with E-state index in [9.17, 15) is 5.26 Å². The van der Waals surface area contributed by atoms with Crippen LogP contribution in [0, 0.1) is 17.2 Å². The van der Waals surface area contributed by atoms with Crippen LogP contribution in [0.2, 0.25) is 0 Å². The molecular weight excluding hydrogens is 194 g/mol. The molecule has 0 spiro atoms. The summed E-state index contributed by atoms with van der Waals surface area (Å²) in [6.07, 6.45) is 5.73. The summed E-state index contributed by atoms with van der Waals surface area (Å²) in [5.41, 5.74) is 0. The van der Waals surface area contributed by atoms with Gasteiger partial charge in [-0.05, 0) is 43.8 Å². The van der Waals surface area contributed by atoms with Crippen molar-refractivity contribution < 1.29 is 4.74 Å². The first kappa shape index (κ1) is 10.3. The average molecular weight is 211 g/mol. The number of thioether (sulfide) groups is 1. The Morgan fingerprint density at radius 2 is 2.21 bits per heavy atom. The summed E-state index contributed by atoms with van der Waals surface area (Å²) in [5, 5.41) is 9.25. The second-order valence-corrected chi connectivity index (χ2v) is 5.80. The third-order valence-corrected chi connectivity index (χ3v) is 4.77. The van der Waals surface area contributed by atoms with E-state index in [0.29, 0.717) is 0 Å². The van der Waals surface area contributed by atoms with Crippen LogP contribution in [-0.4, -0.2) is 23.7 Å². The predicted molar refractivity (Wildman–Crippen MR) is 58.2 cm³/mol. The van der Waals surface area contributed by atoms with Gasteiger partial charge in [0.15, 0.2) is 0 Å². The van der Waals surface area contributed by atoms with Crippen molar-refractivity contribution in [2.45, 2.75) is 36.9 Å². The second kappa shape index (κ2) is 4.55. The molecule has 2 fully saturated rings. The molecule has 2 nitrogen and oxygen atoms in total. The standard InChI is InChI=1S/C11H17NOS/c12-9-11(4-1-7-14-11)8-10-2-5-13-6-3-10/h10H,1-8H2. The minimum atomic E-state index is -0.0397. The molecular formula is C11H17NOS. The third-order valence-electron chi connectivity index (χ3n) is 3.27. The fourth-order valence-electron chi connectivity index (χ4n) is 2.41. The predicted octanol–water partition coefficient (Wildman–Crippen LogP) is 2.59. The van der Waals surface area contributed by atoms with Crippen LogP contribution in [0.5, 0.6) is 0 Å². The Hall–Kier alpha value is -0.200. The van der Waals surface area contributed by atoms with Crippen LogP contribution in [0.4, 0.5) is 0 Å². The minimum absolute atomic E-state index is 0.0397. The Balaban J connectivity index is 1.90. The van der Waals surface area contributed by atoms with Crippen LogP contribution >= 0.6 is 11.8 Å². The van der Waals surface area contributed by atoms with Crippen molar-refractivity contribution in [2.75, 3.05) is 19.0 Å². The van der Waals surface area contributed by atoms with Gasteiger partial charge in [0.25, 0.3) is 0 Å². The van der Waals surface area contributed by atoms with E-state index in [2.05, 4.69) is 6.07 Å². The van der Waals surface area contributed by atoms with E-state index in [1.807, 2.05) is 11.8 Å². The molecule has 78 valence electrons. The Morgan fingerprint density at radius 1 is 1.43 bits per heavy atom. The first-order valence-electron chi connectivity index (χ1n) is 5.48. The molecule has 0 aromatic heterocycles. The molecule has 3 heteroatoms. The lowest BCUT2D eigenvalue weighted by Gasteiger charge is -2.28. The summed E-state index contributed by atoms with van der Waals surface area (Å²) in [6, 6.07) is 2.55. The van der Waals surface area contributed by atoms with E-state index >= 15 is 0 Å². The largest absolute Gasteiger partial charge is 0.381 e. The lowest BCUT2D eigenvalue weighted by molar-refractivity contribution is 0.0621. The van der Waals surface area contributed by atoms with Gasteiger partial charge in [0.2, 0.25) is 0 Å². The molecule has 1 unspecified atom stereocenters. The molecule has 0 N–H and O–H groups in total. The Labute approximate surface area is 90.0 Å². The maximum absolute atomic E-state index is 9.25. The molecule has 0 bridgehead atoms. The number of rotatable bonds is 2. The Kier molecular flexibility index (Phi) is 3.35. The van der Waals surface area contributed by atoms with Crippen molar-refractivity contribution in [3.05, 3.63) is 0 Å². The molecule has 0 aliphatic carbocycles. The van der Waals surface area contributed by atoms with Crippen molar-refractivity contribution >= 4 is 11.8 Å². The molecule has 2 heterocycles. The number of hydrogen-bond acceptors (Lipinski definition) is 3. The molecule has 2 aliphatic heterocycles. The Bertz CT molecular complexity index is 224. The third kappa shape index (κ3) is 2.24. The number of nitriles is 1. The van der Waals surface area contributed by atoms with E-state index in [4.69, 9.17) is 4.74 Å². The van der Waals surface area contributed by atoms with E-state index in [1.165, 1.54) is 12.2 Å². The summed E-state index contributed by atoms with van der Waals surface area (Å²) >= 11 is 1.88. The van der Waals surface area contributed by atoms with Gasteiger partial charge < -0.3 is 4.74 Å². The summed E-state index contributed by atoms with van der Waals surface area (Å²) < 4.78 is 5.30. The summed E-state index contributed by atoms with van der Waals surface area (Å²) in [7, 11) is 0. The number of hydrogen-bond donors (Lipinski definition) is 0. The normalized spacial score (nSPS) is 34.2. The topological polar surface area (TPSA) is 33.0 Å². The lowest BCUT2D eigenvalue weighted by Crippen LogP contribution is -2.26. The SMILES string of the molecule is N#CC1(CC2CCOCC2)CCCS1. The zero-order valence-corrected chi connectivity index (χ0v) is 9.31. The molecule has 1 atom stereocenters. The van der Waals surface area contributed by atoms with Crippen LogP contribution in [0.3, 0.4) is 0 Å². The van der Waals surface area contributed by atoms with Crippen molar-refractivity contribution in [1.82, 2.24) is 0 Å². The fourth-order valence-corrected chi connectivity index (χ4v) is 3.80. The highest BCUT2D eigenvalue weighted by Crippen LogP contribution is 2.43. The summed E-state index contributed by atoms with van der Waals surface area (Å²) in [6.45, 7) is 1.80. The van der Waals surface area contributed by atoms with Gasteiger partial charge in [-0.25, -0.2) is 0 Å². The molecule has 2 rings (SSSR count). The molecule has 0 aromatic carbocycles. The molecule has 2 aliphatic rings. The smallest absolute Gasteiger partial charge is 0.103 e. The maximum Gasteiger partial charge on any atom is 0.103 e. The molecule has 2 saturated heterocycles. The monoisotopic (exact) mass is 211 g/mol. The van der Waals surface area contributed by atoms with Crippen molar-refractivity contribution in [3.8, 4) is 6.07 Å². The zero-order valence-electron chi connectivity index (χ0n) is 8.50. The quantitative estimate of drug-likeness (QED) is 0.704. The fraction of sp³-hybridized carbons (Fsp3) is 0.909. The van der Waals surface area contributed by atoms with E-state index < -0.39 is 0 Å². The van der Waals surface area contributed by atoms with E-state index in [0.717, 1.165) is 44.8 Å². The van der Waals surface area contributed by atoms with Gasteiger partial charge in [-0.3, -0.25) is 0 Å². The van der Waals surface area contributed by atoms with Crippen molar-refractivity contribution in [2.24, 2.45) is 5.92 Å². The highest BCUT2D eigenvalue weighted by Gasteiger charge is 2.37. The number of ether oxygens (including phenoxy) is 1. The summed E-state index contributed by atoms with van der Waals surface area (Å²) in [5.74, 6) is 1.91. The van der Waals surface area contributed by atoms with Crippen LogP contribution in [0.1, 0.15) is 32.1 Å². The van der Waals surface area contributed by atoms with Gasteiger partial charge in [0.05, 0.1) is 6.07 Å². The maximum atomic E-state index is 9.25. The van der Waals surface area contributed by atoms with Gasteiger partial charge in [-0.1, -0.05) is 0 Å². The zero-order chi connectivity index (χ0) is 9.86. The van der Waals surface area contributed by atoms with Crippen LogP contribution in [0.15, 0.2) is 0 Å². The van der Waals surface area contributed by atoms with Crippen LogP contribution in [0.25, 0.3) is 0 Å². The molecule has 0 amide bonds. The lowest BCUT2D eigenvalue weighted by atomic mass is 9.87. The molecule has 0 saturated carbocycles. The average Bonchev–Trinajstić information content (AvgIpc) is 2.69. The van der Waals surface area contributed by atoms with Gasteiger partial charge in [-0.2, -0.15) is 5.26 Å². The molecule has 0 aromatic rings. The van der Waals surface area contributed by atoms with E-state index in [-0.39, 0.29) is 4.75 Å². The second-order valence-electron chi connectivity index (χ2n) is 4.32. The highest BCUT2D eigenvalue weighted by molar-refractivity contribution is 8.01. The van der Waals surface area contributed by atoms with Crippen molar-refractivity contribution in [3.63, 3.8) is 0 Å². The molecule has 14 heavy (non-hydrogen) atoms. The van der Waals surface area contributed by atoms with Gasteiger partial charge in [-0.15, -0.1) is 11.8 Å². The van der Waals surface area contributed by atoms with Crippen LogP contribution < -0.4 is 0 Å².